The van der Waals surface area contributed by atoms with Gasteiger partial charge in [0.25, 0.3) is 5.69 Å². The maximum atomic E-state index is 15.2. The number of rotatable bonds is 7. The van der Waals surface area contributed by atoms with Crippen molar-refractivity contribution in [3.05, 3.63) is 237 Å². The first-order chi connectivity index (χ1) is 33.4. The third-order valence-electron chi connectivity index (χ3n) is 13.2. The fourth-order valence-corrected chi connectivity index (χ4v) is 10.3. The third-order valence-corrected chi connectivity index (χ3v) is 13.2. The number of hydrogen-bond donors (Lipinski definition) is 1. The number of anilines is 1. The summed E-state index contributed by atoms with van der Waals surface area (Å²) in [7, 11) is 0. The highest BCUT2D eigenvalue weighted by atomic mass is 16.6. The van der Waals surface area contributed by atoms with Crippen LogP contribution >= 0.6 is 0 Å². The maximum Gasteiger partial charge on any atom is 0.338 e. The van der Waals surface area contributed by atoms with Gasteiger partial charge in [-0.2, -0.15) is 0 Å². The normalized spacial score (nSPS) is 11.8. The molecular weight excluding hydrogens is 849 g/mol. The lowest BCUT2D eigenvalue weighted by Gasteiger charge is -2.12. The molecule has 4 heterocycles. The van der Waals surface area contributed by atoms with Gasteiger partial charge >= 0.3 is 11.4 Å². The summed E-state index contributed by atoms with van der Waals surface area (Å²) < 4.78 is 10.4. The molecule has 0 aliphatic rings. The van der Waals surface area contributed by atoms with Gasteiger partial charge in [-0.15, -0.1) is 0 Å². The van der Waals surface area contributed by atoms with Crippen molar-refractivity contribution in [1.29, 1.82) is 0 Å². The van der Waals surface area contributed by atoms with Gasteiger partial charge in [0.1, 0.15) is 5.69 Å². The zero-order valence-electron chi connectivity index (χ0n) is 36.0. The van der Waals surface area contributed by atoms with Crippen LogP contribution < -0.4 is 17.1 Å². The zero-order valence-corrected chi connectivity index (χ0v) is 36.0. The van der Waals surface area contributed by atoms with E-state index in [1.165, 1.54) is 21.3 Å². The van der Waals surface area contributed by atoms with E-state index in [1.807, 2.05) is 133 Å². The summed E-state index contributed by atoms with van der Waals surface area (Å²) in [5, 5.41) is 16.9. The van der Waals surface area contributed by atoms with Crippen LogP contribution in [-0.2, 0) is 0 Å². The summed E-state index contributed by atoms with van der Waals surface area (Å²) in [4.78, 5) is 42.8. The molecule has 13 rings (SSSR count). The largest absolute Gasteiger partial charge is 0.397 e. The second-order valence-electron chi connectivity index (χ2n) is 16.8. The number of nitro groups is 1. The first kappa shape index (κ1) is 38.8. The molecule has 9 aromatic carbocycles. The Balaban J connectivity index is 1.01. The summed E-state index contributed by atoms with van der Waals surface area (Å²) in [6.07, 6.45) is 0. The Morgan fingerprint density at radius 2 is 0.706 bits per heavy atom. The number of aromatic nitrogens is 6. The van der Waals surface area contributed by atoms with Gasteiger partial charge in [-0.25, -0.2) is 9.59 Å². The number of benzene rings is 9. The number of nitro benzene ring substituents is 1. The van der Waals surface area contributed by atoms with Crippen molar-refractivity contribution in [3.63, 3.8) is 0 Å². The quantitative estimate of drug-likeness (QED) is 0.0966. The minimum Gasteiger partial charge on any atom is -0.397 e. The molecule has 0 radical (unpaired) electrons. The van der Waals surface area contributed by atoms with Gasteiger partial charge in [-0.1, -0.05) is 97.1 Å². The van der Waals surface area contributed by atoms with Crippen molar-refractivity contribution in [2.45, 2.75) is 0 Å². The van der Waals surface area contributed by atoms with E-state index in [0.717, 1.165) is 55.0 Å². The standard InChI is InChI=1S/C56H36N8O4/c57-43-33-54(64(67)68)53(63-51-26-14-12-24-49(51)61(56(63)66)38-28-30-47-42(32-38)40-20-8-10-22-45(40)59(47)36-17-5-2-6-18-36)34-52(43)62-50-25-13-11-23-48(50)60(55(62)65)37-27-29-46-41(31-37)39-19-7-9-21-44(39)58(46)35-15-3-1-4-16-35/h1-34H,57H2. The number of fused-ring (bicyclic) bond motifs is 8. The van der Waals surface area contributed by atoms with Crippen molar-refractivity contribution in [2.75, 3.05) is 5.73 Å². The van der Waals surface area contributed by atoms with Crippen LogP contribution in [0.15, 0.2) is 216 Å². The molecule has 0 saturated heterocycles. The van der Waals surface area contributed by atoms with E-state index in [2.05, 4.69) is 57.7 Å². The lowest BCUT2D eigenvalue weighted by molar-refractivity contribution is -0.384. The molecule has 13 aromatic rings. The van der Waals surface area contributed by atoms with Crippen LogP contribution in [0.2, 0.25) is 0 Å². The van der Waals surface area contributed by atoms with Crippen LogP contribution in [0.1, 0.15) is 0 Å². The summed E-state index contributed by atoms with van der Waals surface area (Å²) in [6.45, 7) is 0. The predicted octanol–water partition coefficient (Wildman–Crippen LogP) is 11.6. The van der Waals surface area contributed by atoms with E-state index < -0.39 is 22.0 Å². The first-order valence-electron chi connectivity index (χ1n) is 22.1. The van der Waals surface area contributed by atoms with Gasteiger partial charge in [0.05, 0.1) is 71.8 Å². The SMILES string of the molecule is Nc1cc([N+](=O)[O-])c(-n2c(=O)n(-c3ccc4c(c3)c3ccccc3n4-c3ccccc3)c3ccccc32)cc1-n1c(=O)n(-c2ccc3c(c2)c2ccccc2n3-c2ccccc2)c2ccccc21. The molecule has 0 atom stereocenters. The number of nitrogens with two attached hydrogens (primary N) is 1. The topological polar surface area (TPSA) is 133 Å². The molecule has 0 saturated carbocycles. The minimum absolute atomic E-state index is 0.0103. The van der Waals surface area contributed by atoms with E-state index in [9.17, 15) is 10.1 Å². The monoisotopic (exact) mass is 884 g/mol. The average molecular weight is 885 g/mol. The molecule has 0 bridgehead atoms. The van der Waals surface area contributed by atoms with Crippen LogP contribution in [0.25, 0.3) is 99.8 Å². The molecule has 68 heavy (non-hydrogen) atoms. The minimum atomic E-state index is -0.550. The molecule has 0 amide bonds. The molecule has 0 unspecified atom stereocenters. The van der Waals surface area contributed by atoms with Crippen LogP contribution in [0.5, 0.6) is 0 Å². The molecule has 0 fully saturated rings. The zero-order chi connectivity index (χ0) is 45.8. The summed E-state index contributed by atoms with van der Waals surface area (Å²) in [5.74, 6) is 0. The van der Waals surface area contributed by atoms with Crippen LogP contribution in [0, 0.1) is 10.1 Å². The Hall–Kier alpha value is -9.68. The van der Waals surface area contributed by atoms with Gasteiger partial charge in [-0.3, -0.25) is 28.4 Å². The van der Waals surface area contributed by atoms with E-state index in [0.29, 0.717) is 33.4 Å². The van der Waals surface area contributed by atoms with Crippen LogP contribution in [-0.4, -0.2) is 32.3 Å². The van der Waals surface area contributed by atoms with Crippen molar-refractivity contribution >= 4 is 77.1 Å². The van der Waals surface area contributed by atoms with Crippen molar-refractivity contribution in [3.8, 4) is 34.1 Å². The summed E-state index contributed by atoms with van der Waals surface area (Å²) in [6, 6.07) is 65.7. The number of hydrogen-bond acceptors (Lipinski definition) is 5. The number of nitrogen functional groups attached to an aromatic ring is 1. The second kappa shape index (κ2) is 14.7. The second-order valence-corrected chi connectivity index (χ2v) is 16.8. The number of imidazole rings is 2. The van der Waals surface area contributed by atoms with E-state index in [4.69, 9.17) is 5.73 Å². The lowest BCUT2D eigenvalue weighted by atomic mass is 10.1. The molecule has 4 aromatic heterocycles. The van der Waals surface area contributed by atoms with Crippen molar-refractivity contribution < 1.29 is 4.92 Å². The molecule has 0 aliphatic heterocycles. The molecule has 0 aliphatic carbocycles. The molecular formula is C56H36N8O4. The first-order valence-corrected chi connectivity index (χ1v) is 22.1. The molecule has 12 heteroatoms. The Morgan fingerprint density at radius 3 is 1.15 bits per heavy atom. The Bertz CT molecular complexity index is 4360. The fraction of sp³-hybridized carbons (Fsp3) is 0. The van der Waals surface area contributed by atoms with Crippen LogP contribution in [0.3, 0.4) is 0 Å². The number of para-hydroxylation sites is 8. The Labute approximate surface area is 385 Å². The van der Waals surface area contributed by atoms with Gasteiger partial charge in [0.2, 0.25) is 0 Å². The van der Waals surface area contributed by atoms with Crippen molar-refractivity contribution in [2.24, 2.45) is 0 Å². The predicted molar refractivity (Wildman–Crippen MR) is 271 cm³/mol. The number of nitrogens with zero attached hydrogens (tertiary/aromatic N) is 7. The van der Waals surface area contributed by atoms with E-state index >= 15 is 9.59 Å². The van der Waals surface area contributed by atoms with Gasteiger partial charge in [-0.05, 0) is 103 Å². The van der Waals surface area contributed by atoms with Crippen LogP contribution in [0.4, 0.5) is 11.4 Å². The Kier molecular flexibility index (Phi) is 8.36. The van der Waals surface area contributed by atoms with Gasteiger partial charge in [0.15, 0.2) is 0 Å². The lowest BCUT2D eigenvalue weighted by Crippen LogP contribution is -2.25. The highest BCUT2D eigenvalue weighted by Gasteiger charge is 2.28. The smallest absolute Gasteiger partial charge is 0.338 e. The highest BCUT2D eigenvalue weighted by molar-refractivity contribution is 6.11. The highest BCUT2D eigenvalue weighted by Crippen LogP contribution is 2.38. The van der Waals surface area contributed by atoms with E-state index in [-0.39, 0.29) is 17.1 Å². The van der Waals surface area contributed by atoms with Crippen molar-refractivity contribution in [1.82, 2.24) is 27.4 Å². The Morgan fingerprint density at radius 1 is 0.338 bits per heavy atom. The molecule has 324 valence electrons. The summed E-state index contributed by atoms with van der Waals surface area (Å²) in [5.41, 5.74) is 14.8. The van der Waals surface area contributed by atoms with E-state index in [1.54, 1.807) is 21.3 Å². The van der Waals surface area contributed by atoms with Gasteiger partial charge in [0, 0.05) is 39.0 Å². The third kappa shape index (κ3) is 5.54. The van der Waals surface area contributed by atoms with Gasteiger partial charge < -0.3 is 14.9 Å². The molecule has 0 spiro atoms. The maximum absolute atomic E-state index is 15.2. The fourth-order valence-electron chi connectivity index (χ4n) is 10.3. The summed E-state index contributed by atoms with van der Waals surface area (Å²) >= 11 is 0. The average Bonchev–Trinajstić information content (AvgIpc) is 4.07. The molecule has 2 N–H and O–H groups in total. The molecule has 12 nitrogen and oxygen atoms in total.